The fourth-order valence-electron chi connectivity index (χ4n) is 3.64. The lowest BCUT2D eigenvalue weighted by atomic mass is 9.86. The van der Waals surface area contributed by atoms with Crippen LogP contribution in [0.3, 0.4) is 0 Å². The molecule has 0 bridgehead atoms. The summed E-state index contributed by atoms with van der Waals surface area (Å²) in [5.41, 5.74) is 6.35. The maximum Gasteiger partial charge on any atom is 0.305 e. The number of amides is 1. The van der Waals surface area contributed by atoms with Crippen LogP contribution in [-0.2, 0) is 23.8 Å². The molecule has 0 rings (SSSR count). The van der Waals surface area contributed by atoms with Crippen LogP contribution in [0.25, 0.3) is 0 Å². The number of aliphatic hydroxyl groups is 1. The van der Waals surface area contributed by atoms with Gasteiger partial charge in [0.2, 0.25) is 6.41 Å². The van der Waals surface area contributed by atoms with E-state index in [2.05, 4.69) is 0 Å². The van der Waals surface area contributed by atoms with Crippen molar-refractivity contribution in [2.75, 3.05) is 21.3 Å². The molecular weight excluding hydrogens is 400 g/mol. The fourth-order valence-corrected chi connectivity index (χ4v) is 3.64. The van der Waals surface area contributed by atoms with Crippen LogP contribution in [0.1, 0.15) is 59.8 Å². The molecule has 0 aliphatic rings. The van der Waals surface area contributed by atoms with Crippen LogP contribution in [0.2, 0.25) is 0 Å². The van der Waals surface area contributed by atoms with Crippen molar-refractivity contribution in [1.29, 1.82) is 0 Å². The van der Waals surface area contributed by atoms with Crippen LogP contribution in [0.5, 0.6) is 0 Å². The van der Waals surface area contributed by atoms with Gasteiger partial charge in [-0.1, -0.05) is 33.8 Å². The Balaban J connectivity index is 5.30. The quantitative estimate of drug-likeness (QED) is 0.262. The van der Waals surface area contributed by atoms with Gasteiger partial charge < -0.3 is 30.0 Å². The molecule has 0 aliphatic carbocycles. The van der Waals surface area contributed by atoms with E-state index < -0.39 is 6.10 Å². The highest BCUT2D eigenvalue weighted by Gasteiger charge is 2.32. The Morgan fingerprint density at radius 2 is 1.77 bits per heavy atom. The molecule has 182 valence electrons. The summed E-state index contributed by atoms with van der Waals surface area (Å²) in [6.45, 7) is 7.67. The van der Waals surface area contributed by atoms with Gasteiger partial charge in [0, 0.05) is 58.2 Å². The predicted molar refractivity (Wildman–Crippen MR) is 121 cm³/mol. The second-order valence-corrected chi connectivity index (χ2v) is 8.23. The van der Waals surface area contributed by atoms with Crippen molar-refractivity contribution in [3.63, 3.8) is 0 Å². The first-order valence-electron chi connectivity index (χ1n) is 11.2. The second kappa shape index (κ2) is 16.2. The first-order chi connectivity index (χ1) is 14.6. The minimum Gasteiger partial charge on any atom is -0.462 e. The van der Waals surface area contributed by atoms with E-state index in [0.29, 0.717) is 25.7 Å². The lowest BCUT2D eigenvalue weighted by Crippen LogP contribution is -2.42. The number of hydrogen-bond donors (Lipinski definition) is 2. The first kappa shape index (κ1) is 29.5. The fraction of sp³-hybridized carbons (Fsp3) is 0.826. The summed E-state index contributed by atoms with van der Waals surface area (Å²) in [5.74, 6) is -0.379. The zero-order valence-corrected chi connectivity index (χ0v) is 20.3. The van der Waals surface area contributed by atoms with E-state index in [1.807, 2.05) is 26.8 Å². The van der Waals surface area contributed by atoms with Crippen molar-refractivity contribution in [2.45, 2.75) is 90.3 Å². The number of nitrogens with zero attached hydrogens (tertiary/aromatic N) is 1. The molecule has 31 heavy (non-hydrogen) atoms. The van der Waals surface area contributed by atoms with Gasteiger partial charge in [-0.05, 0) is 19.3 Å². The number of carbonyl (C=O) groups excluding carboxylic acids is 2. The minimum atomic E-state index is -0.460. The van der Waals surface area contributed by atoms with Gasteiger partial charge >= 0.3 is 5.97 Å². The van der Waals surface area contributed by atoms with E-state index in [0.717, 1.165) is 6.41 Å². The maximum absolute atomic E-state index is 12.1. The van der Waals surface area contributed by atoms with E-state index in [9.17, 15) is 14.7 Å². The van der Waals surface area contributed by atoms with Gasteiger partial charge in [0.25, 0.3) is 0 Å². The largest absolute Gasteiger partial charge is 0.462 e. The van der Waals surface area contributed by atoms with Crippen molar-refractivity contribution in [3.8, 4) is 0 Å². The SMILES string of the molecule is CCC(=O)O[C@H](CC[C@H](N)[C@H](C[C@H](O)CC)OC)[C@H](C)[C@H](OC)[C@H](C)/C=C/N(C)C=O. The third-order valence-electron chi connectivity index (χ3n) is 5.80. The number of methoxy groups -OCH3 is 2. The molecule has 0 saturated heterocycles. The van der Waals surface area contributed by atoms with Gasteiger partial charge in [-0.3, -0.25) is 9.59 Å². The van der Waals surface area contributed by atoms with Crippen LogP contribution in [-0.4, -0.2) is 74.1 Å². The molecule has 0 aliphatic heterocycles. The molecule has 0 heterocycles. The zero-order chi connectivity index (χ0) is 24.0. The molecule has 8 nitrogen and oxygen atoms in total. The average molecular weight is 445 g/mol. The Hall–Kier alpha value is -1.48. The van der Waals surface area contributed by atoms with Gasteiger partial charge in [-0.2, -0.15) is 0 Å². The molecule has 0 aromatic rings. The molecule has 0 saturated carbocycles. The Morgan fingerprint density at radius 3 is 2.26 bits per heavy atom. The summed E-state index contributed by atoms with van der Waals surface area (Å²) in [6.07, 6.45) is 5.52. The smallest absolute Gasteiger partial charge is 0.305 e. The third kappa shape index (κ3) is 11.1. The summed E-state index contributed by atoms with van der Waals surface area (Å²) in [6, 6.07) is -0.291. The average Bonchev–Trinajstić information content (AvgIpc) is 2.77. The Labute approximate surface area is 188 Å². The predicted octanol–water partition coefficient (Wildman–Crippen LogP) is 2.48. The number of rotatable bonds is 17. The van der Waals surface area contributed by atoms with Crippen molar-refractivity contribution in [1.82, 2.24) is 4.90 Å². The number of esters is 1. The van der Waals surface area contributed by atoms with Crippen LogP contribution >= 0.6 is 0 Å². The van der Waals surface area contributed by atoms with Crippen molar-refractivity contribution >= 4 is 12.4 Å². The molecule has 8 heteroatoms. The molecular formula is C23H44N2O6. The zero-order valence-electron chi connectivity index (χ0n) is 20.3. The van der Waals surface area contributed by atoms with Gasteiger partial charge in [-0.25, -0.2) is 0 Å². The van der Waals surface area contributed by atoms with Gasteiger partial charge in [-0.15, -0.1) is 0 Å². The topological polar surface area (TPSA) is 111 Å². The van der Waals surface area contributed by atoms with Gasteiger partial charge in [0.05, 0.1) is 18.3 Å². The molecule has 1 amide bonds. The van der Waals surface area contributed by atoms with E-state index >= 15 is 0 Å². The molecule has 0 unspecified atom stereocenters. The molecule has 7 atom stereocenters. The van der Waals surface area contributed by atoms with Crippen LogP contribution < -0.4 is 5.73 Å². The van der Waals surface area contributed by atoms with E-state index in [1.165, 1.54) is 4.90 Å². The van der Waals surface area contributed by atoms with Crippen LogP contribution in [0, 0.1) is 11.8 Å². The van der Waals surface area contributed by atoms with Crippen LogP contribution in [0.4, 0.5) is 0 Å². The number of carbonyl (C=O) groups is 2. The highest BCUT2D eigenvalue weighted by atomic mass is 16.5. The van der Waals surface area contributed by atoms with Crippen molar-refractivity contribution < 1.29 is 28.9 Å². The van der Waals surface area contributed by atoms with Gasteiger partial charge in [0.1, 0.15) is 6.10 Å². The Kier molecular flexibility index (Phi) is 15.4. The standard InChI is InChI=1S/C23H44N2O6/c1-8-18(27)14-21(29-6)19(24)10-11-20(31-22(28)9-2)17(4)23(30-7)16(3)12-13-25(5)15-26/h12-13,15-21,23,27H,8-11,14,24H2,1-7H3/b13-12+/t16-,17+,18-,19+,20-,21+,23-/m1/s1. The minimum absolute atomic E-state index is 0.00896. The summed E-state index contributed by atoms with van der Waals surface area (Å²) >= 11 is 0. The first-order valence-corrected chi connectivity index (χ1v) is 11.2. The molecule has 0 fully saturated rings. The lowest BCUT2D eigenvalue weighted by Gasteiger charge is -2.34. The Morgan fingerprint density at radius 1 is 1.13 bits per heavy atom. The summed E-state index contributed by atoms with van der Waals surface area (Å²) < 4.78 is 17.0. The second-order valence-electron chi connectivity index (χ2n) is 8.23. The number of aliphatic hydroxyl groups excluding tert-OH is 1. The molecule has 3 N–H and O–H groups in total. The molecule has 0 aromatic carbocycles. The van der Waals surface area contributed by atoms with E-state index in [1.54, 1.807) is 34.4 Å². The molecule has 0 aromatic heterocycles. The molecule has 0 spiro atoms. The summed E-state index contributed by atoms with van der Waals surface area (Å²) in [7, 11) is 4.89. The van der Waals surface area contributed by atoms with E-state index in [4.69, 9.17) is 19.9 Å². The van der Waals surface area contributed by atoms with E-state index in [-0.39, 0.29) is 48.6 Å². The monoisotopic (exact) mass is 444 g/mol. The van der Waals surface area contributed by atoms with Crippen molar-refractivity contribution in [2.24, 2.45) is 17.6 Å². The third-order valence-corrected chi connectivity index (χ3v) is 5.80. The van der Waals surface area contributed by atoms with Gasteiger partial charge in [0.15, 0.2) is 0 Å². The number of nitrogens with two attached hydrogens (primary N) is 1. The Bertz CT molecular complexity index is 530. The highest BCUT2D eigenvalue weighted by Crippen LogP contribution is 2.26. The number of hydrogen-bond acceptors (Lipinski definition) is 7. The normalized spacial score (nSPS) is 18.6. The van der Waals surface area contributed by atoms with Crippen molar-refractivity contribution in [3.05, 3.63) is 12.3 Å². The maximum atomic E-state index is 12.1. The lowest BCUT2D eigenvalue weighted by molar-refractivity contribution is -0.155. The highest BCUT2D eigenvalue weighted by molar-refractivity contribution is 5.69. The summed E-state index contributed by atoms with van der Waals surface area (Å²) in [4.78, 5) is 24.3. The van der Waals surface area contributed by atoms with Crippen LogP contribution in [0.15, 0.2) is 12.3 Å². The summed E-state index contributed by atoms with van der Waals surface area (Å²) in [5, 5.41) is 9.94. The number of ether oxygens (including phenoxy) is 3. The molecule has 0 radical (unpaired) electrons.